The number of carbonyl (C=O) groups excluding carboxylic acids is 1. The molecule has 98 valence electrons. The Morgan fingerprint density at radius 1 is 1.28 bits per heavy atom. The zero-order chi connectivity index (χ0) is 13.5. The van der Waals surface area contributed by atoms with Gasteiger partial charge in [-0.3, -0.25) is 0 Å². The van der Waals surface area contributed by atoms with Crippen molar-refractivity contribution < 1.29 is 19.8 Å². The molecule has 1 atom stereocenters. The largest absolute Gasteiger partial charge is 0.479 e. The molecule has 0 spiro atoms. The highest BCUT2D eigenvalue weighted by Crippen LogP contribution is 2.05. The number of amides is 2. The van der Waals surface area contributed by atoms with Gasteiger partial charge in [0.1, 0.15) is 0 Å². The van der Waals surface area contributed by atoms with Crippen molar-refractivity contribution in [3.8, 4) is 0 Å². The van der Waals surface area contributed by atoms with Crippen molar-refractivity contribution in [2.75, 3.05) is 6.54 Å². The fourth-order valence-electron chi connectivity index (χ4n) is 1.32. The molecule has 0 saturated heterocycles. The number of aliphatic hydroxyl groups excluding tert-OH is 1. The third-order valence-corrected chi connectivity index (χ3v) is 2.44. The van der Waals surface area contributed by atoms with Gasteiger partial charge in [-0.2, -0.15) is 0 Å². The van der Waals surface area contributed by atoms with Gasteiger partial charge in [-0.05, 0) is 18.1 Å². The summed E-state index contributed by atoms with van der Waals surface area (Å²) in [7, 11) is 0. The molecule has 18 heavy (non-hydrogen) atoms. The summed E-state index contributed by atoms with van der Waals surface area (Å²) in [5.74, 6) is -1.37. The second-order valence-electron chi connectivity index (χ2n) is 3.84. The first kappa shape index (κ1) is 14.0. The molecule has 0 unspecified atom stereocenters. The predicted octanol–water partition coefficient (Wildman–Crippen LogP) is 0.240. The molecule has 0 aliphatic rings. The van der Waals surface area contributed by atoms with Gasteiger partial charge in [0.2, 0.25) is 0 Å². The highest BCUT2D eigenvalue weighted by molar-refractivity contribution is 5.76. The molecule has 0 aliphatic heterocycles. The number of carboxylic acids is 1. The summed E-state index contributed by atoms with van der Waals surface area (Å²) in [5, 5.41) is 22.2. The maximum atomic E-state index is 11.3. The lowest BCUT2D eigenvalue weighted by atomic mass is 10.1. The third-order valence-electron chi connectivity index (χ3n) is 2.44. The van der Waals surface area contributed by atoms with Crippen LogP contribution in [0.3, 0.4) is 0 Å². The van der Waals surface area contributed by atoms with Gasteiger partial charge in [-0.25, -0.2) is 9.59 Å². The number of rotatable bonds is 5. The number of nitrogens with one attached hydrogen (secondary N) is 2. The van der Waals surface area contributed by atoms with Crippen LogP contribution in [0.5, 0.6) is 0 Å². The maximum absolute atomic E-state index is 11.3. The summed E-state index contributed by atoms with van der Waals surface area (Å²) in [5.41, 5.74) is 2.04. The van der Waals surface area contributed by atoms with E-state index >= 15 is 0 Å². The van der Waals surface area contributed by atoms with Crippen LogP contribution >= 0.6 is 0 Å². The Morgan fingerprint density at radius 3 is 2.56 bits per heavy atom. The molecule has 1 aromatic rings. The maximum Gasteiger partial charge on any atom is 0.334 e. The van der Waals surface area contributed by atoms with Gasteiger partial charge in [0.25, 0.3) is 0 Å². The van der Waals surface area contributed by atoms with Crippen LogP contribution in [-0.4, -0.2) is 34.9 Å². The van der Waals surface area contributed by atoms with Gasteiger partial charge in [0.15, 0.2) is 6.10 Å². The number of hydrogen-bond acceptors (Lipinski definition) is 3. The lowest BCUT2D eigenvalue weighted by molar-refractivity contribution is -0.146. The van der Waals surface area contributed by atoms with Gasteiger partial charge in [0.05, 0.1) is 6.54 Å². The van der Waals surface area contributed by atoms with Crippen molar-refractivity contribution in [2.24, 2.45) is 0 Å². The zero-order valence-electron chi connectivity index (χ0n) is 10.0. The topological polar surface area (TPSA) is 98.7 Å². The first-order chi connectivity index (χ1) is 8.50. The van der Waals surface area contributed by atoms with E-state index in [4.69, 9.17) is 10.2 Å². The minimum absolute atomic E-state index is 0.324. The second kappa shape index (κ2) is 6.61. The van der Waals surface area contributed by atoms with Crippen LogP contribution in [0.2, 0.25) is 0 Å². The summed E-state index contributed by atoms with van der Waals surface area (Å²) in [6.07, 6.45) is -1.59. The number of carbonyl (C=O) groups is 2. The average molecular weight is 252 g/mol. The summed E-state index contributed by atoms with van der Waals surface area (Å²) in [6.45, 7) is 1.96. The first-order valence-corrected chi connectivity index (χ1v) is 5.47. The van der Waals surface area contributed by atoms with Crippen molar-refractivity contribution in [2.45, 2.75) is 19.6 Å². The molecule has 0 aromatic heterocycles. The molecule has 6 heteroatoms. The van der Waals surface area contributed by atoms with Crippen molar-refractivity contribution in [1.29, 1.82) is 0 Å². The van der Waals surface area contributed by atoms with Crippen molar-refractivity contribution in [1.82, 2.24) is 10.6 Å². The normalized spacial score (nSPS) is 11.7. The van der Waals surface area contributed by atoms with Gasteiger partial charge < -0.3 is 20.8 Å². The Bertz CT molecular complexity index is 434. The molecule has 2 amide bonds. The number of aryl methyl sites for hydroxylation is 1. The molecular weight excluding hydrogens is 236 g/mol. The minimum atomic E-state index is -1.59. The molecule has 1 aromatic carbocycles. The van der Waals surface area contributed by atoms with E-state index in [2.05, 4.69) is 10.6 Å². The van der Waals surface area contributed by atoms with Gasteiger partial charge >= 0.3 is 12.0 Å². The Morgan fingerprint density at radius 2 is 1.94 bits per heavy atom. The number of hydrogen-bond donors (Lipinski definition) is 4. The lowest BCUT2D eigenvalue weighted by Crippen LogP contribution is -2.41. The highest BCUT2D eigenvalue weighted by Gasteiger charge is 2.13. The summed E-state index contributed by atoms with van der Waals surface area (Å²) in [6, 6.07) is 7.09. The zero-order valence-corrected chi connectivity index (χ0v) is 10.0. The van der Waals surface area contributed by atoms with Crippen molar-refractivity contribution >= 4 is 12.0 Å². The van der Waals surface area contributed by atoms with Crippen LogP contribution in [0.25, 0.3) is 0 Å². The van der Waals surface area contributed by atoms with Crippen LogP contribution in [0, 0.1) is 6.92 Å². The molecule has 4 N–H and O–H groups in total. The van der Waals surface area contributed by atoms with Crippen LogP contribution in [0.1, 0.15) is 11.1 Å². The Balaban J connectivity index is 2.34. The molecule has 0 bridgehead atoms. The van der Waals surface area contributed by atoms with E-state index in [-0.39, 0.29) is 6.54 Å². The summed E-state index contributed by atoms with van der Waals surface area (Å²) >= 11 is 0. The third kappa shape index (κ3) is 4.42. The van der Waals surface area contributed by atoms with Crippen molar-refractivity contribution in [3.63, 3.8) is 0 Å². The lowest BCUT2D eigenvalue weighted by Gasteiger charge is -2.10. The first-order valence-electron chi connectivity index (χ1n) is 5.47. The molecule has 0 heterocycles. The number of aliphatic carboxylic acids is 1. The SMILES string of the molecule is Cc1ccccc1CNC(=O)NC[C@H](O)C(=O)O. The predicted molar refractivity (Wildman–Crippen MR) is 65.1 cm³/mol. The molecule has 0 radical (unpaired) electrons. The average Bonchev–Trinajstić information content (AvgIpc) is 2.34. The minimum Gasteiger partial charge on any atom is -0.479 e. The van der Waals surface area contributed by atoms with Crippen LogP contribution < -0.4 is 10.6 Å². The Labute approximate surface area is 105 Å². The molecule has 0 aliphatic carbocycles. The van der Waals surface area contributed by atoms with E-state index in [1.807, 2.05) is 31.2 Å². The van der Waals surface area contributed by atoms with Gasteiger partial charge in [0, 0.05) is 6.54 Å². The fourth-order valence-corrected chi connectivity index (χ4v) is 1.32. The molecular formula is C12H16N2O4. The number of benzene rings is 1. The smallest absolute Gasteiger partial charge is 0.334 e. The number of carboxylic acid groups (broad SMARTS) is 1. The van der Waals surface area contributed by atoms with E-state index < -0.39 is 18.1 Å². The standard InChI is InChI=1S/C12H16N2O4/c1-8-4-2-3-5-9(8)6-13-12(18)14-7-10(15)11(16)17/h2-5,10,15H,6-7H2,1H3,(H,16,17)(H2,13,14,18)/t10-/m0/s1. The highest BCUT2D eigenvalue weighted by atomic mass is 16.4. The Hall–Kier alpha value is -2.08. The van der Waals surface area contributed by atoms with E-state index in [1.54, 1.807) is 0 Å². The second-order valence-corrected chi connectivity index (χ2v) is 3.84. The molecule has 6 nitrogen and oxygen atoms in total. The summed E-state index contributed by atoms with van der Waals surface area (Å²) < 4.78 is 0. The quantitative estimate of drug-likeness (QED) is 0.603. The van der Waals surface area contributed by atoms with Crippen molar-refractivity contribution in [3.05, 3.63) is 35.4 Å². The number of urea groups is 1. The summed E-state index contributed by atoms with van der Waals surface area (Å²) in [4.78, 5) is 21.6. The fraction of sp³-hybridized carbons (Fsp3) is 0.333. The van der Waals surface area contributed by atoms with Gasteiger partial charge in [-0.15, -0.1) is 0 Å². The van der Waals surface area contributed by atoms with Crippen LogP contribution in [-0.2, 0) is 11.3 Å². The molecule has 0 saturated carbocycles. The molecule has 0 fully saturated rings. The molecule has 1 rings (SSSR count). The van der Waals surface area contributed by atoms with Gasteiger partial charge in [-0.1, -0.05) is 24.3 Å². The van der Waals surface area contributed by atoms with E-state index in [9.17, 15) is 9.59 Å². The number of aliphatic hydroxyl groups is 1. The van der Waals surface area contributed by atoms with E-state index in [0.717, 1.165) is 11.1 Å². The monoisotopic (exact) mass is 252 g/mol. The van der Waals surface area contributed by atoms with E-state index in [0.29, 0.717) is 6.54 Å². The van der Waals surface area contributed by atoms with Crippen LogP contribution in [0.15, 0.2) is 24.3 Å². The Kier molecular flexibility index (Phi) is 5.13. The van der Waals surface area contributed by atoms with Crippen LogP contribution in [0.4, 0.5) is 4.79 Å². The van der Waals surface area contributed by atoms with E-state index in [1.165, 1.54) is 0 Å².